The van der Waals surface area contributed by atoms with E-state index in [1.54, 1.807) is 6.20 Å². The van der Waals surface area contributed by atoms with Gasteiger partial charge in [-0.05, 0) is 12.8 Å². The van der Waals surface area contributed by atoms with Crippen molar-refractivity contribution in [1.82, 2.24) is 14.9 Å². The fourth-order valence-corrected chi connectivity index (χ4v) is 1.85. The van der Waals surface area contributed by atoms with Crippen LogP contribution in [0, 0.1) is 0 Å². The van der Waals surface area contributed by atoms with Gasteiger partial charge in [0.2, 0.25) is 0 Å². The first-order valence-electron chi connectivity index (χ1n) is 4.81. The molecule has 0 saturated carbocycles. The predicted octanol–water partition coefficient (Wildman–Crippen LogP) is 0.371. The van der Waals surface area contributed by atoms with E-state index in [2.05, 4.69) is 9.97 Å². The van der Waals surface area contributed by atoms with Crippen LogP contribution < -0.4 is 0 Å². The zero-order chi connectivity index (χ0) is 10.9. The van der Waals surface area contributed by atoms with Gasteiger partial charge < -0.3 is 20.1 Å². The summed E-state index contributed by atoms with van der Waals surface area (Å²) in [6.07, 6.45) is 2.97. The van der Waals surface area contributed by atoms with Crippen LogP contribution in [0.2, 0.25) is 0 Å². The number of hydrogen-bond acceptors (Lipinski definition) is 3. The van der Waals surface area contributed by atoms with Gasteiger partial charge in [0, 0.05) is 13.1 Å². The third-order valence-corrected chi connectivity index (χ3v) is 2.86. The van der Waals surface area contributed by atoms with Crippen molar-refractivity contribution in [2.45, 2.75) is 18.4 Å². The highest BCUT2D eigenvalue weighted by Crippen LogP contribution is 2.30. The van der Waals surface area contributed by atoms with Crippen LogP contribution in [0.1, 0.15) is 18.5 Å². The van der Waals surface area contributed by atoms with Gasteiger partial charge in [0.1, 0.15) is 5.60 Å². The molecule has 6 nitrogen and oxygen atoms in total. The molecule has 0 aromatic carbocycles. The normalized spacial score (nSPS) is 20.2. The molecule has 1 aliphatic heterocycles. The van der Waals surface area contributed by atoms with Crippen molar-refractivity contribution in [3.63, 3.8) is 0 Å². The van der Waals surface area contributed by atoms with E-state index < -0.39 is 11.7 Å². The quantitative estimate of drug-likeness (QED) is 0.626. The Kier molecular flexibility index (Phi) is 2.36. The van der Waals surface area contributed by atoms with Crippen molar-refractivity contribution >= 4 is 6.09 Å². The average Bonchev–Trinajstić information content (AvgIpc) is 2.71. The number of aliphatic hydroxyl groups is 1. The van der Waals surface area contributed by atoms with Crippen LogP contribution in [0.15, 0.2) is 12.5 Å². The number of nitrogens with zero attached hydrogens (tertiary/aromatic N) is 2. The molecule has 1 aromatic heterocycles. The summed E-state index contributed by atoms with van der Waals surface area (Å²) < 4.78 is 0. The molecule has 1 amide bonds. The largest absolute Gasteiger partial charge is 0.465 e. The van der Waals surface area contributed by atoms with Gasteiger partial charge in [-0.1, -0.05) is 0 Å². The molecule has 0 spiro atoms. The second kappa shape index (κ2) is 3.54. The Labute approximate surface area is 86.6 Å². The van der Waals surface area contributed by atoms with E-state index >= 15 is 0 Å². The first-order valence-corrected chi connectivity index (χ1v) is 4.81. The van der Waals surface area contributed by atoms with Crippen molar-refractivity contribution < 1.29 is 15.0 Å². The summed E-state index contributed by atoms with van der Waals surface area (Å²) in [7, 11) is 0. The summed E-state index contributed by atoms with van der Waals surface area (Å²) in [6, 6.07) is 0. The summed E-state index contributed by atoms with van der Waals surface area (Å²) in [5, 5.41) is 19.0. The number of carbonyl (C=O) groups is 1. The van der Waals surface area contributed by atoms with Crippen LogP contribution >= 0.6 is 0 Å². The van der Waals surface area contributed by atoms with Crippen molar-refractivity contribution in [2.75, 3.05) is 13.1 Å². The van der Waals surface area contributed by atoms with Gasteiger partial charge in [-0.25, -0.2) is 9.78 Å². The third-order valence-electron chi connectivity index (χ3n) is 2.86. The smallest absolute Gasteiger partial charge is 0.407 e. The molecule has 0 aliphatic carbocycles. The fourth-order valence-electron chi connectivity index (χ4n) is 1.85. The van der Waals surface area contributed by atoms with Crippen LogP contribution in [0.3, 0.4) is 0 Å². The molecule has 82 valence electrons. The Bertz CT molecular complexity index is 341. The number of piperidine rings is 1. The number of aromatic nitrogens is 2. The number of rotatable bonds is 1. The average molecular weight is 211 g/mol. The van der Waals surface area contributed by atoms with E-state index in [0.29, 0.717) is 31.6 Å². The van der Waals surface area contributed by atoms with Gasteiger partial charge in [-0.15, -0.1) is 0 Å². The summed E-state index contributed by atoms with van der Waals surface area (Å²) in [5.74, 6) is 0. The lowest BCUT2D eigenvalue weighted by molar-refractivity contribution is -0.0244. The molecule has 0 unspecified atom stereocenters. The van der Waals surface area contributed by atoms with Crippen molar-refractivity contribution in [3.05, 3.63) is 18.2 Å². The minimum atomic E-state index is -0.956. The number of nitrogens with one attached hydrogen (secondary N) is 1. The van der Waals surface area contributed by atoms with Gasteiger partial charge in [-0.3, -0.25) is 0 Å². The lowest BCUT2D eigenvalue weighted by Crippen LogP contribution is -2.44. The molecule has 6 heteroatoms. The van der Waals surface area contributed by atoms with E-state index in [1.165, 1.54) is 11.2 Å². The number of likely N-dealkylation sites (tertiary alicyclic amines) is 1. The molecule has 1 aromatic rings. The minimum Gasteiger partial charge on any atom is -0.465 e. The zero-order valence-electron chi connectivity index (χ0n) is 8.18. The number of amides is 1. The zero-order valence-corrected chi connectivity index (χ0v) is 8.18. The molecule has 2 heterocycles. The summed E-state index contributed by atoms with van der Waals surface area (Å²) >= 11 is 0. The first kappa shape index (κ1) is 9.97. The van der Waals surface area contributed by atoms with E-state index in [4.69, 9.17) is 5.11 Å². The number of H-pyrrole nitrogens is 1. The summed E-state index contributed by atoms with van der Waals surface area (Å²) in [4.78, 5) is 18.7. The molecule has 1 saturated heterocycles. The lowest BCUT2D eigenvalue weighted by Gasteiger charge is -2.36. The molecule has 0 bridgehead atoms. The monoisotopic (exact) mass is 211 g/mol. The molecule has 15 heavy (non-hydrogen) atoms. The second-order valence-corrected chi connectivity index (χ2v) is 3.77. The molecule has 3 N–H and O–H groups in total. The van der Waals surface area contributed by atoms with Gasteiger partial charge in [0.25, 0.3) is 0 Å². The Balaban J connectivity index is 2.06. The van der Waals surface area contributed by atoms with Gasteiger partial charge in [-0.2, -0.15) is 0 Å². The van der Waals surface area contributed by atoms with Crippen LogP contribution in [0.5, 0.6) is 0 Å². The van der Waals surface area contributed by atoms with E-state index in [-0.39, 0.29) is 0 Å². The molecule has 0 atom stereocenters. The van der Waals surface area contributed by atoms with Crippen LogP contribution in [-0.4, -0.2) is 44.3 Å². The van der Waals surface area contributed by atoms with Crippen LogP contribution in [0.4, 0.5) is 4.79 Å². The number of aromatic amines is 1. The summed E-state index contributed by atoms with van der Waals surface area (Å²) in [6.45, 7) is 0.704. The Morgan fingerprint density at radius 2 is 2.20 bits per heavy atom. The van der Waals surface area contributed by atoms with Crippen molar-refractivity contribution in [2.24, 2.45) is 0 Å². The van der Waals surface area contributed by atoms with Crippen molar-refractivity contribution in [3.8, 4) is 0 Å². The molecule has 1 aliphatic rings. The summed E-state index contributed by atoms with van der Waals surface area (Å²) in [5.41, 5.74) is -0.296. The number of carboxylic acid groups (broad SMARTS) is 1. The van der Waals surface area contributed by atoms with Crippen molar-refractivity contribution in [1.29, 1.82) is 0 Å². The Morgan fingerprint density at radius 3 is 2.67 bits per heavy atom. The van der Waals surface area contributed by atoms with Gasteiger partial charge in [0.15, 0.2) is 0 Å². The molecular weight excluding hydrogens is 198 g/mol. The van der Waals surface area contributed by atoms with Gasteiger partial charge >= 0.3 is 6.09 Å². The van der Waals surface area contributed by atoms with Crippen LogP contribution in [-0.2, 0) is 5.60 Å². The topological polar surface area (TPSA) is 89.4 Å². The minimum absolute atomic E-state index is 0.352. The van der Waals surface area contributed by atoms with E-state index in [1.807, 2.05) is 0 Å². The maximum absolute atomic E-state index is 10.7. The van der Waals surface area contributed by atoms with E-state index in [0.717, 1.165) is 0 Å². The SMILES string of the molecule is O=C(O)N1CCC(O)(c2cnc[nH]2)CC1. The maximum atomic E-state index is 10.7. The Morgan fingerprint density at radius 1 is 1.53 bits per heavy atom. The molecule has 1 fully saturated rings. The van der Waals surface area contributed by atoms with Gasteiger partial charge in [0.05, 0.1) is 18.2 Å². The van der Waals surface area contributed by atoms with Crippen LogP contribution in [0.25, 0.3) is 0 Å². The molecule has 2 rings (SSSR count). The standard InChI is InChI=1S/C9H13N3O3/c13-8(14)12-3-1-9(15,2-4-12)7-5-10-6-11-7/h5-6,15H,1-4H2,(H,10,11)(H,13,14). The highest BCUT2D eigenvalue weighted by Gasteiger charge is 2.36. The van der Waals surface area contributed by atoms with E-state index in [9.17, 15) is 9.90 Å². The molecular formula is C9H13N3O3. The number of hydrogen-bond donors (Lipinski definition) is 3. The first-order chi connectivity index (χ1) is 7.12. The maximum Gasteiger partial charge on any atom is 0.407 e. The second-order valence-electron chi connectivity index (χ2n) is 3.77. The highest BCUT2D eigenvalue weighted by molar-refractivity contribution is 5.65. The number of imidazole rings is 1. The Hall–Kier alpha value is -1.56. The fraction of sp³-hybridized carbons (Fsp3) is 0.556. The predicted molar refractivity (Wildman–Crippen MR) is 51.3 cm³/mol. The highest BCUT2D eigenvalue weighted by atomic mass is 16.4. The molecule has 0 radical (unpaired) electrons. The lowest BCUT2D eigenvalue weighted by atomic mass is 9.89. The third kappa shape index (κ3) is 1.80.